The predicted octanol–water partition coefficient (Wildman–Crippen LogP) is 5.10. The van der Waals surface area contributed by atoms with Gasteiger partial charge in [0.25, 0.3) is 20.2 Å². The maximum absolute atomic E-state index is 13.3. The minimum absolute atomic E-state index is 0.160. The summed E-state index contributed by atoms with van der Waals surface area (Å²) in [6.07, 6.45) is 2.24. The second-order valence-corrected chi connectivity index (χ2v) is 12.0. The monoisotopic (exact) mass is 560 g/mol. The number of fused-ring (bicyclic) bond motifs is 2. The van der Waals surface area contributed by atoms with Crippen molar-refractivity contribution in [3.8, 4) is 22.6 Å². The Morgan fingerprint density at radius 1 is 0.737 bits per heavy atom. The second-order valence-electron chi connectivity index (χ2n) is 9.18. The van der Waals surface area contributed by atoms with E-state index < -0.39 is 36.1 Å². The number of nitrogens with two attached hydrogens (primary N) is 2. The molecule has 6 N–H and O–H groups in total. The lowest BCUT2D eigenvalue weighted by atomic mass is 9.81. The van der Waals surface area contributed by atoms with E-state index in [1.165, 1.54) is 0 Å². The average Bonchev–Trinajstić information content (AvgIpc) is 2.86. The maximum Gasteiger partial charge on any atom is 0.297 e. The van der Waals surface area contributed by atoms with E-state index >= 15 is 0 Å². The van der Waals surface area contributed by atoms with Crippen LogP contribution in [0.3, 0.4) is 0 Å². The predicted molar refractivity (Wildman–Crippen MR) is 148 cm³/mol. The molecule has 38 heavy (non-hydrogen) atoms. The average molecular weight is 561 g/mol. The lowest BCUT2D eigenvalue weighted by molar-refractivity contribution is 0.433. The molecule has 0 amide bonds. The molecule has 11 heteroatoms. The first-order valence-electron chi connectivity index (χ1n) is 12.4. The van der Waals surface area contributed by atoms with Crippen molar-refractivity contribution in [2.75, 3.05) is 11.5 Å². The first-order valence-corrected chi connectivity index (χ1v) is 15.4. The van der Waals surface area contributed by atoms with Gasteiger partial charge in [-0.3, -0.25) is 9.11 Å². The van der Waals surface area contributed by atoms with E-state index in [4.69, 9.17) is 16.2 Å². The fourth-order valence-electron chi connectivity index (χ4n) is 5.81. The first kappa shape index (κ1) is 27.9. The van der Waals surface area contributed by atoms with Gasteiger partial charge >= 0.3 is 0 Å². The number of anilines is 2. The largest absolute Gasteiger partial charge is 0.454 e. The van der Waals surface area contributed by atoms with Crippen molar-refractivity contribution in [2.45, 2.75) is 63.5 Å². The second kappa shape index (κ2) is 9.88. The number of hydrogen-bond acceptors (Lipinski definition) is 7. The van der Waals surface area contributed by atoms with Crippen molar-refractivity contribution in [2.24, 2.45) is 0 Å². The molecule has 1 atom stereocenters. The van der Waals surface area contributed by atoms with E-state index in [1.807, 2.05) is 27.7 Å². The van der Waals surface area contributed by atoms with Gasteiger partial charge in [-0.05, 0) is 53.5 Å². The van der Waals surface area contributed by atoms with Crippen LogP contribution in [0.5, 0.6) is 11.5 Å². The molecular weight excluding hydrogens is 528 g/mol. The van der Waals surface area contributed by atoms with Crippen LogP contribution in [-0.2, 0) is 45.9 Å². The van der Waals surface area contributed by atoms with Crippen LogP contribution in [0, 0.1) is 0 Å². The molecule has 4 rings (SSSR count). The third-order valence-corrected chi connectivity index (χ3v) is 9.23. The smallest absolute Gasteiger partial charge is 0.297 e. The zero-order chi connectivity index (χ0) is 28.2. The summed E-state index contributed by atoms with van der Waals surface area (Å²) in [5, 5.41) is -1.74. The number of benzene rings is 3. The van der Waals surface area contributed by atoms with Crippen LogP contribution in [0.4, 0.5) is 11.4 Å². The van der Waals surface area contributed by atoms with Crippen molar-refractivity contribution in [1.82, 2.24) is 0 Å². The lowest BCUT2D eigenvalue weighted by Gasteiger charge is -2.35. The molecule has 1 heterocycles. The summed E-state index contributed by atoms with van der Waals surface area (Å²) in [5.74, 6) is 0.116. The van der Waals surface area contributed by atoms with Crippen molar-refractivity contribution in [3.05, 3.63) is 63.7 Å². The molecule has 204 valence electrons. The molecule has 0 fully saturated rings. The quantitative estimate of drug-likeness (QED) is 0.227. The molecule has 0 radical (unpaired) electrons. The molecule has 3 aromatic carbocycles. The van der Waals surface area contributed by atoms with Crippen LogP contribution in [-0.4, -0.2) is 25.9 Å². The highest BCUT2D eigenvalue weighted by Crippen LogP contribution is 2.58. The fourth-order valence-corrected chi connectivity index (χ4v) is 7.76. The third kappa shape index (κ3) is 4.23. The van der Waals surface area contributed by atoms with E-state index in [0.29, 0.717) is 31.2 Å². The Kier molecular flexibility index (Phi) is 7.26. The molecule has 9 nitrogen and oxygen atoms in total. The molecule has 0 spiro atoms. The summed E-state index contributed by atoms with van der Waals surface area (Å²) >= 11 is 0. The van der Waals surface area contributed by atoms with Crippen molar-refractivity contribution >= 4 is 31.6 Å². The molecule has 0 aliphatic carbocycles. The van der Waals surface area contributed by atoms with Gasteiger partial charge in [-0.2, -0.15) is 16.8 Å². The van der Waals surface area contributed by atoms with Crippen LogP contribution in [0.1, 0.15) is 66.3 Å². The highest BCUT2D eigenvalue weighted by atomic mass is 32.2. The zero-order valence-electron chi connectivity index (χ0n) is 21.7. The van der Waals surface area contributed by atoms with Crippen molar-refractivity contribution < 1.29 is 30.7 Å². The van der Waals surface area contributed by atoms with Crippen LogP contribution in [0.15, 0.2) is 35.2 Å². The van der Waals surface area contributed by atoms with E-state index in [-0.39, 0.29) is 39.4 Å². The fraction of sp³-hybridized carbons (Fsp3) is 0.333. The Labute approximate surface area is 223 Å². The number of ether oxygens (including phenoxy) is 1. The number of hydrogen-bond donors (Lipinski definition) is 4. The minimum atomic E-state index is -5.00. The van der Waals surface area contributed by atoms with Crippen LogP contribution in [0.2, 0.25) is 0 Å². The lowest BCUT2D eigenvalue weighted by Crippen LogP contribution is -2.26. The topological polar surface area (TPSA) is 170 Å². The van der Waals surface area contributed by atoms with Gasteiger partial charge in [0.15, 0.2) is 5.75 Å². The third-order valence-electron chi connectivity index (χ3n) is 7.22. The van der Waals surface area contributed by atoms with Crippen LogP contribution < -0.4 is 16.2 Å². The maximum atomic E-state index is 13.3. The van der Waals surface area contributed by atoms with Gasteiger partial charge < -0.3 is 16.2 Å². The molecular formula is C27H32N2O7S2. The number of nitrogen functional groups attached to an aromatic ring is 2. The van der Waals surface area contributed by atoms with Gasteiger partial charge in [0, 0.05) is 16.7 Å². The Balaban J connectivity index is 2.34. The van der Waals surface area contributed by atoms with Crippen LogP contribution in [0.25, 0.3) is 11.1 Å². The zero-order valence-corrected chi connectivity index (χ0v) is 23.3. The SMILES string of the molecule is CCc1c(CC)c(CC)c2c(c1CC)Oc1c(N)c(N)c(S(=O)(=O)O)c(-c3ccccc3)c1C2S(=O)(=O)O. The highest BCUT2D eigenvalue weighted by Gasteiger charge is 2.45. The van der Waals surface area contributed by atoms with Gasteiger partial charge in [0.05, 0.1) is 11.4 Å². The molecule has 0 bridgehead atoms. The van der Waals surface area contributed by atoms with Crippen molar-refractivity contribution in [3.63, 3.8) is 0 Å². The van der Waals surface area contributed by atoms with Gasteiger partial charge in [-0.25, -0.2) is 0 Å². The van der Waals surface area contributed by atoms with Gasteiger partial charge in [0.2, 0.25) is 0 Å². The summed E-state index contributed by atoms with van der Waals surface area (Å²) in [4.78, 5) is -0.740. The summed E-state index contributed by atoms with van der Waals surface area (Å²) in [6.45, 7) is 7.80. The summed E-state index contributed by atoms with van der Waals surface area (Å²) < 4.78 is 79.3. The van der Waals surface area contributed by atoms with E-state index in [9.17, 15) is 25.9 Å². The summed E-state index contributed by atoms with van der Waals surface area (Å²) in [5.41, 5.74) is 15.3. The number of rotatable bonds is 7. The standard InChI is InChI=1S/C27H32N2O7S2/c1-5-15-16(6-2)18(8-4)24-20(17(15)7-3)26(37(30,31)32)21-19(14-12-10-9-11-13-14)27(38(33,34)35)23(29)22(28)25(21)36-24/h9-13,26H,5-8,28-29H2,1-4H3,(H,30,31,32)(H,33,34,35). The van der Waals surface area contributed by atoms with E-state index in [2.05, 4.69) is 0 Å². The molecule has 0 saturated heterocycles. The van der Waals surface area contributed by atoms with E-state index in [0.717, 1.165) is 16.7 Å². The van der Waals surface area contributed by atoms with Crippen LogP contribution >= 0.6 is 0 Å². The first-order chi connectivity index (χ1) is 17.8. The van der Waals surface area contributed by atoms with E-state index in [1.54, 1.807) is 30.3 Å². The molecule has 0 aromatic heterocycles. The van der Waals surface area contributed by atoms with Gasteiger partial charge in [-0.1, -0.05) is 58.0 Å². The summed E-state index contributed by atoms with van der Waals surface area (Å²) in [7, 11) is -9.93. The normalized spacial score (nSPS) is 15.1. The minimum Gasteiger partial charge on any atom is -0.454 e. The molecule has 0 saturated carbocycles. The molecule has 1 aliphatic heterocycles. The highest BCUT2D eigenvalue weighted by molar-refractivity contribution is 7.86. The Hall–Kier alpha value is -3.12. The summed E-state index contributed by atoms with van der Waals surface area (Å²) in [6, 6.07) is 8.03. The Bertz CT molecular complexity index is 1650. The van der Waals surface area contributed by atoms with Crippen molar-refractivity contribution in [1.29, 1.82) is 0 Å². The molecule has 1 unspecified atom stereocenters. The molecule has 3 aromatic rings. The Morgan fingerprint density at radius 2 is 1.26 bits per heavy atom. The van der Waals surface area contributed by atoms with Gasteiger partial charge in [0.1, 0.15) is 15.9 Å². The molecule has 1 aliphatic rings. The Morgan fingerprint density at radius 3 is 1.74 bits per heavy atom. The van der Waals surface area contributed by atoms with Gasteiger partial charge in [-0.15, -0.1) is 0 Å².